The molecule has 2 aromatic heterocycles. The highest BCUT2D eigenvalue weighted by atomic mass is 32.2. The maximum Gasteiger partial charge on any atom is 0.223 e. The van der Waals surface area contributed by atoms with Crippen molar-refractivity contribution in [3.63, 3.8) is 0 Å². The first-order valence-electron chi connectivity index (χ1n) is 9.66. The fraction of sp³-hybridized carbons (Fsp3) is 0.737. The number of anilines is 1. The lowest BCUT2D eigenvalue weighted by molar-refractivity contribution is 0.439. The van der Waals surface area contributed by atoms with Gasteiger partial charge in [-0.3, -0.25) is 0 Å². The average molecular weight is 364 g/mol. The van der Waals surface area contributed by atoms with E-state index in [2.05, 4.69) is 47.2 Å². The van der Waals surface area contributed by atoms with Crippen molar-refractivity contribution in [3.8, 4) is 0 Å². The van der Waals surface area contributed by atoms with Crippen molar-refractivity contribution in [1.29, 1.82) is 0 Å². The number of imidazole rings is 1. The van der Waals surface area contributed by atoms with E-state index in [1.54, 1.807) is 11.8 Å². The maximum absolute atomic E-state index is 5.97. The minimum atomic E-state index is 0.346. The highest BCUT2D eigenvalue weighted by Gasteiger charge is 2.15. The Kier molecular flexibility index (Phi) is 8.00. The van der Waals surface area contributed by atoms with E-state index in [1.807, 2.05) is 6.33 Å². The van der Waals surface area contributed by atoms with E-state index in [-0.39, 0.29) is 0 Å². The number of nitrogen functional groups attached to an aromatic ring is 1. The fourth-order valence-corrected chi connectivity index (χ4v) is 4.05. The van der Waals surface area contributed by atoms with Crippen LogP contribution in [0.5, 0.6) is 0 Å². The van der Waals surface area contributed by atoms with Crippen LogP contribution in [0.4, 0.5) is 5.95 Å². The lowest BCUT2D eigenvalue weighted by Crippen LogP contribution is -2.08. The normalized spacial score (nSPS) is 14.1. The number of hydrogen-bond donors (Lipinski definition) is 1. The predicted molar refractivity (Wildman–Crippen MR) is 108 cm³/mol. The number of fused-ring (bicyclic) bond motifs is 1. The topological polar surface area (TPSA) is 69.6 Å². The monoisotopic (exact) mass is 363 g/mol. The summed E-state index contributed by atoms with van der Waals surface area (Å²) in [7, 11) is 0. The first-order valence-corrected chi connectivity index (χ1v) is 10.6. The van der Waals surface area contributed by atoms with Gasteiger partial charge < -0.3 is 10.3 Å². The largest absolute Gasteiger partial charge is 0.368 e. The molecular weight excluding hydrogens is 330 g/mol. The van der Waals surface area contributed by atoms with Crippen LogP contribution >= 0.6 is 11.8 Å². The quantitative estimate of drug-likeness (QED) is 0.441. The third-order valence-electron chi connectivity index (χ3n) is 4.56. The van der Waals surface area contributed by atoms with Gasteiger partial charge in [0.1, 0.15) is 10.5 Å². The van der Waals surface area contributed by atoms with Crippen LogP contribution in [-0.2, 0) is 6.54 Å². The molecule has 6 heteroatoms. The average Bonchev–Trinajstić information content (AvgIpc) is 2.98. The van der Waals surface area contributed by atoms with E-state index in [0.29, 0.717) is 17.8 Å². The van der Waals surface area contributed by atoms with E-state index in [1.165, 1.54) is 38.5 Å². The molecule has 2 aromatic rings. The Hall–Kier alpha value is -1.30. The van der Waals surface area contributed by atoms with Crippen molar-refractivity contribution in [2.45, 2.75) is 77.8 Å². The third kappa shape index (κ3) is 5.87. The maximum atomic E-state index is 5.97. The van der Waals surface area contributed by atoms with Crippen molar-refractivity contribution in [2.24, 2.45) is 11.8 Å². The summed E-state index contributed by atoms with van der Waals surface area (Å²) in [5.41, 5.74) is 7.74. The Bertz CT molecular complexity index is 655. The molecule has 0 bridgehead atoms. The van der Waals surface area contributed by atoms with Gasteiger partial charge in [0.15, 0.2) is 5.65 Å². The van der Waals surface area contributed by atoms with Crippen LogP contribution in [0.1, 0.15) is 66.2 Å². The molecule has 0 fully saturated rings. The number of aromatic nitrogens is 4. The fourth-order valence-electron chi connectivity index (χ4n) is 3.01. The number of thioether (sulfide) groups is 1. The van der Waals surface area contributed by atoms with Crippen molar-refractivity contribution >= 4 is 28.9 Å². The molecule has 2 N–H and O–H groups in total. The summed E-state index contributed by atoms with van der Waals surface area (Å²) >= 11 is 1.76. The summed E-state index contributed by atoms with van der Waals surface area (Å²) in [6, 6.07) is 0. The molecule has 2 atom stereocenters. The first-order chi connectivity index (χ1) is 12.0. The van der Waals surface area contributed by atoms with Gasteiger partial charge in [-0.1, -0.05) is 53.4 Å². The molecule has 2 rings (SSSR count). The lowest BCUT2D eigenvalue weighted by atomic mass is 10.0. The molecule has 0 aliphatic rings. The smallest absolute Gasteiger partial charge is 0.223 e. The van der Waals surface area contributed by atoms with Crippen LogP contribution in [0.2, 0.25) is 0 Å². The van der Waals surface area contributed by atoms with Gasteiger partial charge in [-0.25, -0.2) is 9.97 Å². The zero-order chi connectivity index (χ0) is 18.2. The van der Waals surface area contributed by atoms with Gasteiger partial charge in [-0.2, -0.15) is 4.98 Å². The molecule has 140 valence electrons. The minimum Gasteiger partial charge on any atom is -0.368 e. The van der Waals surface area contributed by atoms with Gasteiger partial charge in [0.25, 0.3) is 0 Å². The number of rotatable bonds is 11. The molecule has 0 unspecified atom stereocenters. The Labute approximate surface area is 156 Å². The molecule has 25 heavy (non-hydrogen) atoms. The Balaban J connectivity index is 2.11. The lowest BCUT2D eigenvalue weighted by Gasteiger charge is -2.12. The Morgan fingerprint density at radius 3 is 2.44 bits per heavy atom. The van der Waals surface area contributed by atoms with Crippen LogP contribution in [0.25, 0.3) is 11.2 Å². The van der Waals surface area contributed by atoms with E-state index < -0.39 is 0 Å². The Morgan fingerprint density at radius 1 is 1.08 bits per heavy atom. The summed E-state index contributed by atoms with van der Waals surface area (Å²) in [5.74, 6) is 2.68. The van der Waals surface area contributed by atoms with Gasteiger partial charge in [0.2, 0.25) is 5.95 Å². The van der Waals surface area contributed by atoms with Crippen molar-refractivity contribution in [3.05, 3.63) is 6.33 Å². The van der Waals surface area contributed by atoms with Gasteiger partial charge in [0, 0.05) is 12.3 Å². The molecule has 0 aromatic carbocycles. The van der Waals surface area contributed by atoms with Crippen molar-refractivity contribution in [2.75, 3.05) is 11.5 Å². The summed E-state index contributed by atoms with van der Waals surface area (Å²) in [6.45, 7) is 10.0. The number of hydrogen-bond acceptors (Lipinski definition) is 5. The van der Waals surface area contributed by atoms with Crippen LogP contribution < -0.4 is 5.73 Å². The highest BCUT2D eigenvalue weighted by molar-refractivity contribution is 7.99. The predicted octanol–water partition coefficient (Wildman–Crippen LogP) is 5.15. The second kappa shape index (κ2) is 10.00. The van der Waals surface area contributed by atoms with Gasteiger partial charge in [0.05, 0.1) is 6.33 Å². The first kappa shape index (κ1) is 20.0. The van der Waals surface area contributed by atoms with E-state index in [0.717, 1.165) is 28.5 Å². The molecular formula is C19H33N5S. The number of nitrogens with two attached hydrogens (primary N) is 1. The number of nitrogens with zero attached hydrogens (tertiary/aromatic N) is 4. The summed E-state index contributed by atoms with van der Waals surface area (Å²) in [4.78, 5) is 13.5. The molecule has 0 aliphatic carbocycles. The summed E-state index contributed by atoms with van der Waals surface area (Å²) in [6.07, 6.45) is 9.42. The third-order valence-corrected chi connectivity index (χ3v) is 5.86. The van der Waals surface area contributed by atoms with Crippen LogP contribution in [0.15, 0.2) is 11.4 Å². The second-order valence-electron chi connectivity index (χ2n) is 7.26. The van der Waals surface area contributed by atoms with Gasteiger partial charge in [-0.15, -0.1) is 11.8 Å². The molecule has 0 radical (unpaired) electrons. The molecule has 0 saturated heterocycles. The molecule has 0 spiro atoms. The van der Waals surface area contributed by atoms with E-state index >= 15 is 0 Å². The molecule has 5 nitrogen and oxygen atoms in total. The second-order valence-corrected chi connectivity index (χ2v) is 8.27. The molecule has 0 aliphatic heterocycles. The minimum absolute atomic E-state index is 0.346. The standard InChI is InChI=1S/C19H33N5S/c1-5-7-9-14(3)11-24-13-21-16-17(24)22-19(20)23-18(16)25-12-15(4)10-8-6-2/h13-15H,5-12H2,1-4H3,(H2,20,22,23)/t14-,15+/m0/s1. The molecule has 0 saturated carbocycles. The molecule has 0 amide bonds. The number of unbranched alkanes of at least 4 members (excludes halogenated alkanes) is 2. The summed E-state index contributed by atoms with van der Waals surface area (Å²) in [5, 5.41) is 0.922. The van der Waals surface area contributed by atoms with Crippen LogP contribution in [0, 0.1) is 11.8 Å². The van der Waals surface area contributed by atoms with E-state index in [4.69, 9.17) is 5.73 Å². The van der Waals surface area contributed by atoms with Crippen molar-refractivity contribution in [1.82, 2.24) is 19.5 Å². The zero-order valence-electron chi connectivity index (χ0n) is 16.2. The highest BCUT2D eigenvalue weighted by Crippen LogP contribution is 2.28. The van der Waals surface area contributed by atoms with Gasteiger partial charge >= 0.3 is 0 Å². The van der Waals surface area contributed by atoms with Crippen molar-refractivity contribution < 1.29 is 0 Å². The van der Waals surface area contributed by atoms with E-state index in [9.17, 15) is 0 Å². The van der Waals surface area contributed by atoms with Crippen LogP contribution in [0.3, 0.4) is 0 Å². The van der Waals surface area contributed by atoms with Gasteiger partial charge in [-0.05, 0) is 24.7 Å². The Morgan fingerprint density at radius 2 is 1.76 bits per heavy atom. The SMILES string of the molecule is CCCC[C@@H](C)CSc1nc(N)nc2c1ncn2C[C@@H](C)CCCC. The molecule has 2 heterocycles. The summed E-state index contributed by atoms with van der Waals surface area (Å²) < 4.78 is 2.14. The van der Waals surface area contributed by atoms with Crippen LogP contribution in [-0.4, -0.2) is 25.3 Å². The zero-order valence-corrected chi connectivity index (χ0v) is 17.0.